The van der Waals surface area contributed by atoms with Crippen LogP contribution in [0, 0.1) is 0 Å². The van der Waals surface area contributed by atoms with Crippen molar-refractivity contribution in [2.24, 2.45) is 4.99 Å². The summed E-state index contributed by atoms with van der Waals surface area (Å²) in [5.41, 5.74) is 0. The van der Waals surface area contributed by atoms with E-state index < -0.39 is 0 Å². The number of nitrogens with zero attached hydrogens (tertiary/aromatic N) is 3. The minimum absolute atomic E-state index is 0.187. The van der Waals surface area contributed by atoms with Crippen LogP contribution in [0.4, 0.5) is 0 Å². The third-order valence-electron chi connectivity index (χ3n) is 4.16. The highest BCUT2D eigenvalue weighted by atomic mass is 16.2. The largest absolute Gasteiger partial charge is 0.357 e. The summed E-state index contributed by atoms with van der Waals surface area (Å²) in [6, 6.07) is 0. The van der Waals surface area contributed by atoms with E-state index in [-0.39, 0.29) is 5.91 Å². The Morgan fingerprint density at radius 2 is 1.78 bits per heavy atom. The van der Waals surface area contributed by atoms with Gasteiger partial charge in [0.1, 0.15) is 0 Å². The van der Waals surface area contributed by atoms with Crippen molar-refractivity contribution in [3.8, 4) is 0 Å². The smallest absolute Gasteiger partial charge is 0.219 e. The van der Waals surface area contributed by atoms with E-state index in [0.717, 1.165) is 64.7 Å². The second kappa shape index (κ2) is 12.2. The molecule has 0 aromatic heterocycles. The summed E-state index contributed by atoms with van der Waals surface area (Å²) in [7, 11) is 0. The molecule has 0 radical (unpaired) electrons. The number of rotatable bonds is 9. The van der Waals surface area contributed by atoms with Gasteiger partial charge in [0.15, 0.2) is 5.96 Å². The highest BCUT2D eigenvalue weighted by Gasteiger charge is 2.17. The average molecular weight is 326 g/mol. The molecular formula is C17H35N5O. The SMILES string of the molecule is CCCCCCN=C(NCC)NCCN1CCN(C(C)=O)CC1. The number of nitrogens with one attached hydrogen (secondary N) is 2. The third-order valence-corrected chi connectivity index (χ3v) is 4.16. The Labute approximate surface area is 141 Å². The topological polar surface area (TPSA) is 60.0 Å². The van der Waals surface area contributed by atoms with Crippen molar-refractivity contribution < 1.29 is 4.79 Å². The third kappa shape index (κ3) is 8.79. The lowest BCUT2D eigenvalue weighted by Gasteiger charge is -2.34. The van der Waals surface area contributed by atoms with Crippen LogP contribution in [0.2, 0.25) is 0 Å². The fourth-order valence-electron chi connectivity index (χ4n) is 2.69. The lowest BCUT2D eigenvalue weighted by atomic mass is 10.2. The van der Waals surface area contributed by atoms with Crippen LogP contribution in [0.3, 0.4) is 0 Å². The first kappa shape index (κ1) is 19.7. The minimum Gasteiger partial charge on any atom is -0.357 e. The molecule has 1 rings (SSSR count). The zero-order valence-electron chi connectivity index (χ0n) is 15.2. The summed E-state index contributed by atoms with van der Waals surface area (Å²) < 4.78 is 0. The first-order valence-electron chi connectivity index (χ1n) is 9.17. The second-order valence-corrected chi connectivity index (χ2v) is 6.10. The van der Waals surface area contributed by atoms with E-state index in [2.05, 4.69) is 34.4 Å². The predicted molar refractivity (Wildman–Crippen MR) is 96.8 cm³/mol. The number of carbonyl (C=O) groups is 1. The van der Waals surface area contributed by atoms with Crippen LogP contribution in [0.1, 0.15) is 46.5 Å². The summed E-state index contributed by atoms with van der Waals surface area (Å²) >= 11 is 0. The van der Waals surface area contributed by atoms with Crippen molar-refractivity contribution in [3.05, 3.63) is 0 Å². The van der Waals surface area contributed by atoms with Crippen molar-refractivity contribution in [2.45, 2.75) is 46.5 Å². The fourth-order valence-corrected chi connectivity index (χ4v) is 2.69. The molecular weight excluding hydrogens is 290 g/mol. The van der Waals surface area contributed by atoms with Crippen LogP contribution in [0.15, 0.2) is 4.99 Å². The summed E-state index contributed by atoms with van der Waals surface area (Å²) in [4.78, 5) is 20.3. The number of amides is 1. The zero-order valence-corrected chi connectivity index (χ0v) is 15.2. The molecule has 6 heteroatoms. The van der Waals surface area contributed by atoms with E-state index in [1.54, 1.807) is 6.92 Å². The molecule has 6 nitrogen and oxygen atoms in total. The predicted octanol–water partition coefficient (Wildman–Crippen LogP) is 1.29. The van der Waals surface area contributed by atoms with Gasteiger partial charge in [-0.3, -0.25) is 14.7 Å². The van der Waals surface area contributed by atoms with Gasteiger partial charge in [0.25, 0.3) is 0 Å². The number of guanidine groups is 1. The Morgan fingerprint density at radius 1 is 1.04 bits per heavy atom. The van der Waals surface area contributed by atoms with Crippen LogP contribution in [-0.4, -0.2) is 74.0 Å². The molecule has 0 bridgehead atoms. The highest BCUT2D eigenvalue weighted by Crippen LogP contribution is 2.01. The molecule has 1 amide bonds. The maximum absolute atomic E-state index is 11.3. The van der Waals surface area contributed by atoms with Gasteiger partial charge in [0.05, 0.1) is 0 Å². The summed E-state index contributed by atoms with van der Waals surface area (Å²) in [6.07, 6.45) is 4.99. The lowest BCUT2D eigenvalue weighted by molar-refractivity contribution is -0.130. The Hall–Kier alpha value is -1.30. The van der Waals surface area contributed by atoms with Crippen LogP contribution in [0.25, 0.3) is 0 Å². The normalized spacial score (nSPS) is 16.5. The Kier molecular flexibility index (Phi) is 10.4. The minimum atomic E-state index is 0.187. The summed E-state index contributed by atoms with van der Waals surface area (Å²) in [5, 5.41) is 6.71. The van der Waals surface area contributed by atoms with Crippen LogP contribution < -0.4 is 10.6 Å². The Balaban J connectivity index is 2.19. The number of hydrogen-bond acceptors (Lipinski definition) is 3. The van der Waals surface area contributed by atoms with Crippen molar-refractivity contribution in [3.63, 3.8) is 0 Å². The van der Waals surface area contributed by atoms with E-state index in [0.29, 0.717) is 0 Å². The molecule has 23 heavy (non-hydrogen) atoms. The van der Waals surface area contributed by atoms with E-state index in [1.807, 2.05) is 4.90 Å². The first-order chi connectivity index (χ1) is 11.2. The summed E-state index contributed by atoms with van der Waals surface area (Å²) in [6.45, 7) is 13.3. The molecule has 0 aliphatic carbocycles. The maximum Gasteiger partial charge on any atom is 0.219 e. The van der Waals surface area contributed by atoms with E-state index in [1.165, 1.54) is 19.3 Å². The van der Waals surface area contributed by atoms with Crippen molar-refractivity contribution in [2.75, 3.05) is 52.4 Å². The van der Waals surface area contributed by atoms with Crippen molar-refractivity contribution in [1.29, 1.82) is 0 Å². The molecule has 1 aliphatic rings. The standard InChI is InChI=1S/C17H35N5O/c1-4-6-7-8-9-19-17(18-5-2)20-10-11-21-12-14-22(15-13-21)16(3)23/h4-15H2,1-3H3,(H2,18,19,20). The Bertz CT molecular complexity index is 351. The van der Waals surface area contributed by atoms with Gasteiger partial charge >= 0.3 is 0 Å². The number of unbranched alkanes of at least 4 members (excludes halogenated alkanes) is 3. The molecule has 1 fully saturated rings. The van der Waals surface area contributed by atoms with Gasteiger partial charge in [-0.15, -0.1) is 0 Å². The first-order valence-corrected chi connectivity index (χ1v) is 9.17. The number of hydrogen-bond donors (Lipinski definition) is 2. The maximum atomic E-state index is 11.3. The molecule has 0 spiro atoms. The molecule has 0 aromatic carbocycles. The molecule has 1 heterocycles. The number of piperazine rings is 1. The number of aliphatic imine (C=N–C) groups is 1. The molecule has 1 aliphatic heterocycles. The molecule has 2 N–H and O–H groups in total. The van der Waals surface area contributed by atoms with E-state index in [4.69, 9.17) is 0 Å². The van der Waals surface area contributed by atoms with Gasteiger partial charge in [-0.25, -0.2) is 0 Å². The molecule has 0 atom stereocenters. The van der Waals surface area contributed by atoms with Crippen LogP contribution in [0.5, 0.6) is 0 Å². The lowest BCUT2D eigenvalue weighted by Crippen LogP contribution is -2.50. The average Bonchev–Trinajstić information content (AvgIpc) is 2.55. The number of carbonyl (C=O) groups excluding carboxylic acids is 1. The molecule has 0 unspecified atom stereocenters. The van der Waals surface area contributed by atoms with E-state index >= 15 is 0 Å². The van der Waals surface area contributed by atoms with Crippen LogP contribution >= 0.6 is 0 Å². The van der Waals surface area contributed by atoms with Gasteiger partial charge in [-0.2, -0.15) is 0 Å². The van der Waals surface area contributed by atoms with Gasteiger partial charge in [-0.1, -0.05) is 26.2 Å². The molecule has 1 saturated heterocycles. The van der Waals surface area contributed by atoms with Crippen LogP contribution in [-0.2, 0) is 4.79 Å². The molecule has 0 aromatic rings. The Morgan fingerprint density at radius 3 is 2.39 bits per heavy atom. The molecule has 0 saturated carbocycles. The van der Waals surface area contributed by atoms with E-state index in [9.17, 15) is 4.79 Å². The second-order valence-electron chi connectivity index (χ2n) is 6.10. The van der Waals surface area contributed by atoms with Gasteiger partial charge in [0.2, 0.25) is 5.91 Å². The van der Waals surface area contributed by atoms with Gasteiger partial charge < -0.3 is 15.5 Å². The van der Waals surface area contributed by atoms with Gasteiger partial charge in [-0.05, 0) is 13.3 Å². The highest BCUT2D eigenvalue weighted by molar-refractivity contribution is 5.79. The van der Waals surface area contributed by atoms with Gasteiger partial charge in [0, 0.05) is 59.3 Å². The fraction of sp³-hybridized carbons (Fsp3) is 0.882. The quantitative estimate of drug-likeness (QED) is 0.381. The summed E-state index contributed by atoms with van der Waals surface area (Å²) in [5.74, 6) is 1.11. The zero-order chi connectivity index (χ0) is 16.9. The molecule has 134 valence electrons. The van der Waals surface area contributed by atoms with Crippen molar-refractivity contribution >= 4 is 11.9 Å². The van der Waals surface area contributed by atoms with Crippen molar-refractivity contribution in [1.82, 2.24) is 20.4 Å². The monoisotopic (exact) mass is 325 g/mol.